The first-order chi connectivity index (χ1) is 9.71. The van der Waals surface area contributed by atoms with Gasteiger partial charge in [0.25, 0.3) is 0 Å². The smallest absolute Gasteiger partial charge is 0.119 e. The zero-order valence-corrected chi connectivity index (χ0v) is 13.0. The van der Waals surface area contributed by atoms with Crippen molar-refractivity contribution in [2.24, 2.45) is 17.8 Å². The largest absolute Gasteiger partial charge is 0.497 e. The highest BCUT2D eigenvalue weighted by Crippen LogP contribution is 2.51. The molecule has 2 saturated carbocycles. The number of hydrogen-bond acceptors (Lipinski definition) is 2. The molecule has 2 bridgehead atoms. The van der Waals surface area contributed by atoms with Gasteiger partial charge in [0.05, 0.1) is 7.11 Å². The summed E-state index contributed by atoms with van der Waals surface area (Å²) in [5.74, 6) is 3.95. The van der Waals surface area contributed by atoms with Crippen LogP contribution in [0.25, 0.3) is 0 Å². The van der Waals surface area contributed by atoms with Gasteiger partial charge in [0.1, 0.15) is 5.75 Å². The summed E-state index contributed by atoms with van der Waals surface area (Å²) in [6.07, 6.45) is 7.24. The molecule has 1 aromatic rings. The molecule has 4 unspecified atom stereocenters. The number of ether oxygens (including phenoxy) is 1. The summed E-state index contributed by atoms with van der Waals surface area (Å²) in [6.45, 7) is 2.20. The Labute approximate surface area is 122 Å². The Kier molecular flexibility index (Phi) is 4.02. The summed E-state index contributed by atoms with van der Waals surface area (Å²) in [5.41, 5.74) is 2.78. The monoisotopic (exact) mass is 273 g/mol. The number of rotatable bonds is 5. The van der Waals surface area contributed by atoms with Gasteiger partial charge in [-0.25, -0.2) is 0 Å². The van der Waals surface area contributed by atoms with E-state index in [9.17, 15) is 0 Å². The van der Waals surface area contributed by atoms with Crippen LogP contribution >= 0.6 is 0 Å². The van der Waals surface area contributed by atoms with Gasteiger partial charge in [-0.05, 0) is 80.7 Å². The maximum Gasteiger partial charge on any atom is 0.119 e. The van der Waals surface area contributed by atoms with Crippen molar-refractivity contribution in [3.8, 4) is 5.75 Å². The summed E-state index contributed by atoms with van der Waals surface area (Å²) in [7, 11) is 3.83. The molecule has 2 aliphatic rings. The highest BCUT2D eigenvalue weighted by atomic mass is 16.5. The van der Waals surface area contributed by atoms with Crippen LogP contribution in [0.5, 0.6) is 5.75 Å². The van der Waals surface area contributed by atoms with Crippen LogP contribution in [-0.4, -0.2) is 14.2 Å². The maximum absolute atomic E-state index is 5.32. The first-order valence-corrected chi connectivity index (χ1v) is 8.03. The van der Waals surface area contributed by atoms with Crippen LogP contribution < -0.4 is 10.1 Å². The topological polar surface area (TPSA) is 21.3 Å². The summed E-state index contributed by atoms with van der Waals surface area (Å²) < 4.78 is 5.32. The molecule has 2 heteroatoms. The Morgan fingerprint density at radius 1 is 1.30 bits per heavy atom. The second kappa shape index (κ2) is 5.77. The lowest BCUT2D eigenvalue weighted by Crippen LogP contribution is -2.23. The van der Waals surface area contributed by atoms with Gasteiger partial charge in [-0.15, -0.1) is 0 Å². The van der Waals surface area contributed by atoms with Crippen LogP contribution in [0, 0.1) is 24.7 Å². The molecule has 0 spiro atoms. The zero-order chi connectivity index (χ0) is 14.1. The van der Waals surface area contributed by atoms with E-state index in [-0.39, 0.29) is 0 Å². The lowest BCUT2D eigenvalue weighted by Gasteiger charge is -2.27. The van der Waals surface area contributed by atoms with E-state index in [1.165, 1.54) is 43.2 Å². The molecule has 20 heavy (non-hydrogen) atoms. The molecule has 3 rings (SSSR count). The minimum atomic E-state index is 0.491. The van der Waals surface area contributed by atoms with E-state index < -0.39 is 0 Å². The van der Waals surface area contributed by atoms with E-state index >= 15 is 0 Å². The van der Waals surface area contributed by atoms with Crippen molar-refractivity contribution in [1.82, 2.24) is 5.32 Å². The molecular formula is C18H27NO. The third-order valence-electron chi connectivity index (χ3n) is 5.62. The highest BCUT2D eigenvalue weighted by molar-refractivity contribution is 5.36. The van der Waals surface area contributed by atoms with Crippen LogP contribution in [0.2, 0.25) is 0 Å². The third kappa shape index (κ3) is 2.58. The molecular weight excluding hydrogens is 246 g/mol. The van der Waals surface area contributed by atoms with Crippen molar-refractivity contribution in [1.29, 1.82) is 0 Å². The molecule has 2 nitrogen and oxygen atoms in total. The molecule has 0 radical (unpaired) electrons. The fourth-order valence-corrected chi connectivity index (χ4v) is 4.53. The first kappa shape index (κ1) is 13.9. The molecule has 1 aromatic carbocycles. The molecule has 0 saturated heterocycles. The van der Waals surface area contributed by atoms with Crippen LogP contribution in [-0.2, 0) is 0 Å². The standard InChI is InChI=1S/C18H27NO/c1-12-8-16(20-3)6-7-17(12)18(19-2)11-15-10-13-4-5-14(15)9-13/h6-8,13-15,18-19H,4-5,9-11H2,1-3H3. The number of methoxy groups -OCH3 is 1. The second-order valence-corrected chi connectivity index (χ2v) is 6.73. The van der Waals surface area contributed by atoms with Gasteiger partial charge in [-0.2, -0.15) is 0 Å². The van der Waals surface area contributed by atoms with Crippen LogP contribution in [0.1, 0.15) is 49.3 Å². The van der Waals surface area contributed by atoms with Crippen molar-refractivity contribution in [3.63, 3.8) is 0 Å². The van der Waals surface area contributed by atoms with Gasteiger partial charge in [0, 0.05) is 6.04 Å². The van der Waals surface area contributed by atoms with E-state index in [1.807, 2.05) is 0 Å². The molecule has 0 heterocycles. The van der Waals surface area contributed by atoms with E-state index in [1.54, 1.807) is 7.11 Å². The molecule has 110 valence electrons. The van der Waals surface area contributed by atoms with Gasteiger partial charge in [-0.1, -0.05) is 12.5 Å². The Morgan fingerprint density at radius 2 is 2.15 bits per heavy atom. The highest BCUT2D eigenvalue weighted by Gasteiger charge is 2.40. The van der Waals surface area contributed by atoms with Crippen LogP contribution in [0.3, 0.4) is 0 Å². The number of nitrogens with one attached hydrogen (secondary N) is 1. The molecule has 2 aliphatic carbocycles. The Hall–Kier alpha value is -1.02. The summed E-state index contributed by atoms with van der Waals surface area (Å²) in [4.78, 5) is 0. The molecule has 0 aromatic heterocycles. The maximum atomic E-state index is 5.32. The van der Waals surface area contributed by atoms with Gasteiger partial charge in [0.15, 0.2) is 0 Å². The van der Waals surface area contributed by atoms with Crippen molar-refractivity contribution < 1.29 is 4.74 Å². The number of hydrogen-bond donors (Lipinski definition) is 1. The third-order valence-corrected chi connectivity index (χ3v) is 5.62. The fourth-order valence-electron chi connectivity index (χ4n) is 4.53. The van der Waals surface area contributed by atoms with Crippen LogP contribution in [0.4, 0.5) is 0 Å². The lowest BCUT2D eigenvalue weighted by molar-refractivity contribution is 0.284. The van der Waals surface area contributed by atoms with Gasteiger partial charge in [0.2, 0.25) is 0 Å². The predicted molar refractivity (Wildman–Crippen MR) is 83.1 cm³/mol. The van der Waals surface area contributed by atoms with Gasteiger partial charge in [-0.3, -0.25) is 0 Å². The minimum absolute atomic E-state index is 0.491. The number of benzene rings is 1. The Morgan fingerprint density at radius 3 is 2.70 bits per heavy atom. The molecule has 0 aliphatic heterocycles. The molecule has 4 atom stereocenters. The SMILES string of the molecule is CNC(CC1CC2CCC1C2)c1ccc(OC)cc1C. The zero-order valence-electron chi connectivity index (χ0n) is 13.0. The van der Waals surface area contributed by atoms with Crippen LogP contribution in [0.15, 0.2) is 18.2 Å². The predicted octanol–water partition coefficient (Wildman–Crippen LogP) is 4.09. The normalized spacial score (nSPS) is 29.6. The lowest BCUT2D eigenvalue weighted by atomic mass is 9.82. The van der Waals surface area contributed by atoms with E-state index in [0.717, 1.165) is 23.5 Å². The fraction of sp³-hybridized carbons (Fsp3) is 0.667. The van der Waals surface area contributed by atoms with Crippen molar-refractivity contribution in [2.45, 2.75) is 45.1 Å². The Balaban J connectivity index is 1.73. The van der Waals surface area contributed by atoms with Crippen molar-refractivity contribution in [2.75, 3.05) is 14.2 Å². The summed E-state index contributed by atoms with van der Waals surface area (Å²) in [6, 6.07) is 6.97. The molecule has 1 N–H and O–H groups in total. The van der Waals surface area contributed by atoms with E-state index in [4.69, 9.17) is 4.74 Å². The van der Waals surface area contributed by atoms with Crippen molar-refractivity contribution in [3.05, 3.63) is 29.3 Å². The quantitative estimate of drug-likeness (QED) is 0.872. The van der Waals surface area contributed by atoms with E-state index in [0.29, 0.717) is 6.04 Å². The second-order valence-electron chi connectivity index (χ2n) is 6.73. The summed E-state index contributed by atoms with van der Waals surface area (Å²) in [5, 5.41) is 3.54. The Bertz CT molecular complexity index is 470. The number of aryl methyl sites for hydroxylation is 1. The average Bonchev–Trinajstić information content (AvgIpc) is 3.07. The first-order valence-electron chi connectivity index (χ1n) is 8.03. The van der Waals surface area contributed by atoms with Gasteiger partial charge < -0.3 is 10.1 Å². The van der Waals surface area contributed by atoms with Crippen molar-refractivity contribution >= 4 is 0 Å². The van der Waals surface area contributed by atoms with Gasteiger partial charge >= 0.3 is 0 Å². The molecule has 0 amide bonds. The summed E-state index contributed by atoms with van der Waals surface area (Å²) >= 11 is 0. The molecule has 2 fully saturated rings. The average molecular weight is 273 g/mol. The van der Waals surface area contributed by atoms with E-state index in [2.05, 4.69) is 37.5 Å². The number of fused-ring (bicyclic) bond motifs is 2. The minimum Gasteiger partial charge on any atom is -0.497 e.